The van der Waals surface area contributed by atoms with E-state index in [-0.39, 0.29) is 18.0 Å². The Bertz CT molecular complexity index is 1540. The van der Waals surface area contributed by atoms with Crippen LogP contribution in [-0.2, 0) is 46.1 Å². The topological polar surface area (TPSA) is 105 Å². The first kappa shape index (κ1) is 28.3. The number of nitrogens with zero attached hydrogens (tertiary/aromatic N) is 4. The highest BCUT2D eigenvalue weighted by Crippen LogP contribution is 2.33. The maximum absolute atomic E-state index is 12.8. The first-order valence-electron chi connectivity index (χ1n) is 13.2. The predicted molar refractivity (Wildman–Crippen MR) is 152 cm³/mol. The van der Waals surface area contributed by atoms with Gasteiger partial charge in [0.05, 0.1) is 16.8 Å². The Kier molecular flexibility index (Phi) is 8.46. The van der Waals surface area contributed by atoms with E-state index in [4.69, 9.17) is 16.7 Å². The molecule has 210 valence electrons. The van der Waals surface area contributed by atoms with Gasteiger partial charge in [-0.15, -0.1) is 0 Å². The van der Waals surface area contributed by atoms with Crippen LogP contribution in [0.2, 0.25) is 5.02 Å². The van der Waals surface area contributed by atoms with Crippen LogP contribution in [0.4, 0.5) is 0 Å². The van der Waals surface area contributed by atoms with Crippen molar-refractivity contribution in [3.63, 3.8) is 0 Å². The molecule has 0 aliphatic carbocycles. The summed E-state index contributed by atoms with van der Waals surface area (Å²) in [5.41, 5.74) is 4.06. The van der Waals surface area contributed by atoms with Gasteiger partial charge in [-0.25, -0.2) is 21.6 Å². The summed E-state index contributed by atoms with van der Waals surface area (Å²) in [4.78, 5) is 2.66. The van der Waals surface area contributed by atoms with Crippen LogP contribution < -0.4 is 4.72 Å². The van der Waals surface area contributed by atoms with Crippen LogP contribution >= 0.6 is 11.6 Å². The number of aryl methyl sites for hydroxylation is 1. The van der Waals surface area contributed by atoms with Crippen LogP contribution in [0, 0.1) is 0 Å². The maximum atomic E-state index is 12.8. The number of benzene rings is 2. The number of nitrogens with one attached hydrogen (secondary N) is 1. The lowest BCUT2D eigenvalue weighted by Crippen LogP contribution is -2.35. The number of hydrogen-bond donors (Lipinski definition) is 1. The van der Waals surface area contributed by atoms with Crippen molar-refractivity contribution in [2.45, 2.75) is 50.2 Å². The van der Waals surface area contributed by atoms with E-state index < -0.39 is 20.0 Å². The molecule has 2 aliphatic rings. The summed E-state index contributed by atoms with van der Waals surface area (Å²) >= 11 is 6.47. The average Bonchev–Trinajstić information content (AvgIpc) is 3.56. The molecule has 3 aromatic rings. The van der Waals surface area contributed by atoms with Gasteiger partial charge >= 0.3 is 0 Å². The van der Waals surface area contributed by atoms with Gasteiger partial charge in [0.1, 0.15) is 0 Å². The maximum Gasteiger partial charge on any atom is 0.240 e. The van der Waals surface area contributed by atoms with Gasteiger partial charge in [0.25, 0.3) is 0 Å². The SMILES string of the molecule is CS(=O)(=O)N1CCc2c(c(-c3ccc(Cl)c(CNS(=O)(=O)c4ccccc4)c3)nn2CCCN2CCCC2)C1. The van der Waals surface area contributed by atoms with E-state index in [9.17, 15) is 16.8 Å². The summed E-state index contributed by atoms with van der Waals surface area (Å²) in [7, 11) is -7.07. The first-order valence-corrected chi connectivity index (χ1v) is 16.9. The molecule has 3 heterocycles. The van der Waals surface area contributed by atoms with Crippen LogP contribution in [0.25, 0.3) is 11.3 Å². The lowest BCUT2D eigenvalue weighted by atomic mass is 10.0. The third kappa shape index (κ3) is 6.55. The second-order valence-electron chi connectivity index (χ2n) is 10.2. The fourth-order valence-corrected chi connectivity index (χ4v) is 7.33. The molecule has 39 heavy (non-hydrogen) atoms. The molecular formula is C27H34ClN5O4S2. The van der Waals surface area contributed by atoms with Crippen LogP contribution in [0.3, 0.4) is 0 Å². The van der Waals surface area contributed by atoms with Gasteiger partial charge in [0, 0.05) is 54.4 Å². The molecule has 0 atom stereocenters. The van der Waals surface area contributed by atoms with Crippen molar-refractivity contribution in [1.82, 2.24) is 23.7 Å². The molecule has 1 saturated heterocycles. The molecule has 9 nitrogen and oxygen atoms in total. The number of likely N-dealkylation sites (tertiary alicyclic amines) is 1. The molecule has 0 radical (unpaired) electrons. The van der Waals surface area contributed by atoms with E-state index in [1.54, 1.807) is 24.3 Å². The van der Waals surface area contributed by atoms with Gasteiger partial charge in [-0.1, -0.05) is 35.9 Å². The fraction of sp³-hybridized carbons (Fsp3) is 0.444. The highest BCUT2D eigenvalue weighted by Gasteiger charge is 2.30. The van der Waals surface area contributed by atoms with E-state index in [2.05, 4.69) is 9.62 Å². The number of fused-ring (bicyclic) bond motifs is 1. The minimum atomic E-state index is -3.71. The zero-order valence-corrected chi connectivity index (χ0v) is 24.4. The third-order valence-corrected chi connectivity index (χ3v) is 10.5. The van der Waals surface area contributed by atoms with Gasteiger partial charge in [0.2, 0.25) is 20.0 Å². The smallest absolute Gasteiger partial charge is 0.240 e. The average molecular weight is 592 g/mol. The van der Waals surface area contributed by atoms with Crippen molar-refractivity contribution in [3.05, 3.63) is 70.4 Å². The van der Waals surface area contributed by atoms with E-state index in [1.807, 2.05) is 16.8 Å². The molecule has 1 fully saturated rings. The molecule has 2 aromatic carbocycles. The highest BCUT2D eigenvalue weighted by atomic mass is 35.5. The summed E-state index contributed by atoms with van der Waals surface area (Å²) in [6.45, 7) is 4.77. The number of halogens is 1. The second-order valence-corrected chi connectivity index (χ2v) is 14.3. The lowest BCUT2D eigenvalue weighted by Gasteiger charge is -2.26. The van der Waals surface area contributed by atoms with Crippen molar-refractivity contribution >= 4 is 31.6 Å². The molecule has 0 amide bonds. The standard InChI is InChI=1S/C27H34ClN5O4S2/c1-38(34,35)32-17-12-26-24(20-32)27(30-33(26)16-7-15-31-13-5-6-14-31)21-10-11-25(28)22(18-21)19-29-39(36,37)23-8-3-2-4-9-23/h2-4,8-11,18,29H,5-7,12-17,19-20H2,1H3. The quantitative estimate of drug-likeness (QED) is 0.387. The molecule has 0 spiro atoms. The van der Waals surface area contributed by atoms with E-state index in [1.165, 1.54) is 35.5 Å². The van der Waals surface area contributed by atoms with Crippen molar-refractivity contribution in [2.24, 2.45) is 0 Å². The number of hydrogen-bond acceptors (Lipinski definition) is 6. The third-order valence-electron chi connectivity index (χ3n) is 7.44. The van der Waals surface area contributed by atoms with Crippen LogP contribution in [0.5, 0.6) is 0 Å². The molecular weight excluding hydrogens is 558 g/mol. The zero-order chi connectivity index (χ0) is 27.6. The van der Waals surface area contributed by atoms with Crippen molar-refractivity contribution in [3.8, 4) is 11.3 Å². The molecule has 12 heteroatoms. The molecule has 1 aromatic heterocycles. The number of sulfonamides is 2. The van der Waals surface area contributed by atoms with E-state index in [0.29, 0.717) is 29.2 Å². The van der Waals surface area contributed by atoms with E-state index in [0.717, 1.165) is 49.4 Å². The Morgan fingerprint density at radius 1 is 0.974 bits per heavy atom. The Morgan fingerprint density at radius 3 is 2.44 bits per heavy atom. The van der Waals surface area contributed by atoms with E-state index >= 15 is 0 Å². The largest absolute Gasteiger partial charge is 0.303 e. The van der Waals surface area contributed by atoms with Crippen molar-refractivity contribution < 1.29 is 16.8 Å². The molecule has 1 N–H and O–H groups in total. The molecule has 0 unspecified atom stereocenters. The van der Waals surface area contributed by atoms with Crippen molar-refractivity contribution in [1.29, 1.82) is 0 Å². The summed E-state index contributed by atoms with van der Waals surface area (Å²) in [5.74, 6) is 0. The Morgan fingerprint density at radius 2 is 1.72 bits per heavy atom. The van der Waals surface area contributed by atoms with Crippen LogP contribution in [0.15, 0.2) is 53.4 Å². The predicted octanol–water partition coefficient (Wildman–Crippen LogP) is 3.49. The van der Waals surface area contributed by atoms with Gasteiger partial charge in [-0.3, -0.25) is 4.68 Å². The highest BCUT2D eigenvalue weighted by molar-refractivity contribution is 7.89. The van der Waals surface area contributed by atoms with Gasteiger partial charge in [0.15, 0.2) is 0 Å². The lowest BCUT2D eigenvalue weighted by molar-refractivity contribution is 0.319. The van der Waals surface area contributed by atoms with Gasteiger partial charge < -0.3 is 4.90 Å². The Hall–Kier alpha value is -2.28. The summed E-state index contributed by atoms with van der Waals surface area (Å²) in [6, 6.07) is 13.6. The monoisotopic (exact) mass is 591 g/mol. The summed E-state index contributed by atoms with van der Waals surface area (Å²) in [5, 5.41) is 5.40. The molecule has 5 rings (SSSR count). The summed E-state index contributed by atoms with van der Waals surface area (Å²) < 4.78 is 56.4. The number of rotatable bonds is 10. The van der Waals surface area contributed by atoms with Crippen LogP contribution in [0.1, 0.15) is 36.1 Å². The molecule has 2 aliphatic heterocycles. The van der Waals surface area contributed by atoms with Gasteiger partial charge in [-0.05, 0) is 68.7 Å². The number of aromatic nitrogens is 2. The van der Waals surface area contributed by atoms with Crippen molar-refractivity contribution in [2.75, 3.05) is 32.4 Å². The summed E-state index contributed by atoms with van der Waals surface area (Å²) in [6.07, 6.45) is 5.30. The minimum Gasteiger partial charge on any atom is -0.303 e. The second kappa shape index (κ2) is 11.7. The zero-order valence-electron chi connectivity index (χ0n) is 22.0. The molecule has 0 bridgehead atoms. The van der Waals surface area contributed by atoms with Crippen LogP contribution in [-0.4, -0.2) is 68.3 Å². The normalized spacial score (nSPS) is 17.0. The minimum absolute atomic E-state index is 0.0120. The Balaban J connectivity index is 1.42. The Labute approximate surface area is 235 Å². The first-order chi connectivity index (χ1) is 18.6. The molecule has 0 saturated carbocycles. The fourth-order valence-electron chi connectivity index (χ4n) is 5.33. The van der Waals surface area contributed by atoms with Gasteiger partial charge in [-0.2, -0.15) is 9.40 Å².